The molecule has 0 aliphatic heterocycles. The Balaban J connectivity index is 1.74. The average Bonchev–Trinajstić information content (AvgIpc) is 2.48. The van der Waals surface area contributed by atoms with E-state index in [1.165, 1.54) is 5.56 Å². The van der Waals surface area contributed by atoms with E-state index in [1.54, 1.807) is 0 Å². The van der Waals surface area contributed by atoms with Crippen molar-refractivity contribution in [2.45, 2.75) is 20.3 Å². The molecule has 0 radical (unpaired) electrons. The highest BCUT2D eigenvalue weighted by Gasteiger charge is 2.05. The van der Waals surface area contributed by atoms with Crippen LogP contribution in [0.5, 0.6) is 5.75 Å². The third kappa shape index (κ3) is 4.95. The molecule has 0 aliphatic rings. The summed E-state index contributed by atoms with van der Waals surface area (Å²) in [5.41, 5.74) is 3.41. The quantitative estimate of drug-likeness (QED) is 0.828. The fraction of sp³-hybridized carbons (Fsp3) is 0.278. The van der Waals surface area contributed by atoms with Gasteiger partial charge in [0.05, 0.1) is 13.0 Å². The van der Waals surface area contributed by atoms with E-state index in [1.807, 2.05) is 44.2 Å². The van der Waals surface area contributed by atoms with Gasteiger partial charge in [-0.15, -0.1) is 0 Å². The zero-order valence-electron chi connectivity index (χ0n) is 12.6. The third-order valence-corrected chi connectivity index (χ3v) is 3.29. The first-order chi connectivity index (χ1) is 10.1. The Morgan fingerprint density at radius 1 is 1.10 bits per heavy atom. The van der Waals surface area contributed by atoms with E-state index in [2.05, 4.69) is 23.5 Å². The summed E-state index contributed by atoms with van der Waals surface area (Å²) in [6, 6.07) is 15.8. The van der Waals surface area contributed by atoms with Crippen LogP contribution in [-0.4, -0.2) is 19.1 Å². The monoisotopic (exact) mass is 283 g/mol. The van der Waals surface area contributed by atoms with Gasteiger partial charge in [-0.1, -0.05) is 42.0 Å². The highest BCUT2D eigenvalue weighted by Crippen LogP contribution is 2.11. The van der Waals surface area contributed by atoms with E-state index in [0.717, 1.165) is 16.9 Å². The Hall–Kier alpha value is -2.29. The lowest BCUT2D eigenvalue weighted by Gasteiger charge is -2.09. The van der Waals surface area contributed by atoms with Gasteiger partial charge < -0.3 is 10.1 Å². The number of para-hydroxylation sites is 1. The third-order valence-electron chi connectivity index (χ3n) is 3.29. The Morgan fingerprint density at radius 3 is 2.62 bits per heavy atom. The van der Waals surface area contributed by atoms with Crippen molar-refractivity contribution in [1.82, 2.24) is 5.32 Å². The van der Waals surface area contributed by atoms with Crippen LogP contribution < -0.4 is 10.1 Å². The zero-order chi connectivity index (χ0) is 15.1. The Kier molecular flexibility index (Phi) is 5.38. The van der Waals surface area contributed by atoms with Crippen LogP contribution in [0.15, 0.2) is 48.5 Å². The van der Waals surface area contributed by atoms with Crippen LogP contribution in [0, 0.1) is 13.8 Å². The van der Waals surface area contributed by atoms with Gasteiger partial charge >= 0.3 is 0 Å². The number of nitrogens with one attached hydrogen (secondary N) is 1. The molecule has 0 unspecified atom stereocenters. The van der Waals surface area contributed by atoms with E-state index in [9.17, 15) is 4.79 Å². The SMILES string of the molecule is Cc1ccc(C)c(CC(=O)NCCOc2ccccc2)c1. The predicted molar refractivity (Wildman–Crippen MR) is 84.6 cm³/mol. The van der Waals surface area contributed by atoms with Crippen molar-refractivity contribution in [2.75, 3.05) is 13.2 Å². The molecule has 0 spiro atoms. The van der Waals surface area contributed by atoms with Gasteiger partial charge in [0.25, 0.3) is 0 Å². The molecule has 0 saturated carbocycles. The summed E-state index contributed by atoms with van der Waals surface area (Å²) >= 11 is 0. The maximum absolute atomic E-state index is 11.9. The average molecular weight is 283 g/mol. The molecule has 3 nitrogen and oxygen atoms in total. The van der Waals surface area contributed by atoms with Crippen molar-refractivity contribution in [2.24, 2.45) is 0 Å². The van der Waals surface area contributed by atoms with E-state index < -0.39 is 0 Å². The lowest BCUT2D eigenvalue weighted by Crippen LogP contribution is -2.29. The van der Waals surface area contributed by atoms with Gasteiger partial charge in [0.1, 0.15) is 12.4 Å². The number of ether oxygens (including phenoxy) is 1. The van der Waals surface area contributed by atoms with Crippen molar-refractivity contribution in [3.8, 4) is 5.75 Å². The molecule has 1 amide bonds. The molecule has 0 aromatic heterocycles. The van der Waals surface area contributed by atoms with Gasteiger partial charge in [-0.3, -0.25) is 4.79 Å². The molecule has 1 N–H and O–H groups in total. The van der Waals surface area contributed by atoms with Gasteiger partial charge in [0, 0.05) is 0 Å². The van der Waals surface area contributed by atoms with E-state index in [-0.39, 0.29) is 5.91 Å². The number of carbonyl (C=O) groups is 1. The van der Waals surface area contributed by atoms with Gasteiger partial charge in [-0.2, -0.15) is 0 Å². The molecule has 0 heterocycles. The maximum atomic E-state index is 11.9. The molecule has 21 heavy (non-hydrogen) atoms. The molecule has 2 aromatic carbocycles. The van der Waals surface area contributed by atoms with Crippen molar-refractivity contribution >= 4 is 5.91 Å². The molecule has 0 saturated heterocycles. The van der Waals surface area contributed by atoms with Gasteiger partial charge in [-0.05, 0) is 37.1 Å². The standard InChI is InChI=1S/C18H21NO2/c1-14-8-9-15(2)16(12-14)13-18(20)19-10-11-21-17-6-4-3-5-7-17/h3-9,12H,10-11,13H2,1-2H3,(H,19,20). The van der Waals surface area contributed by atoms with Crippen molar-refractivity contribution in [1.29, 1.82) is 0 Å². The second-order valence-corrected chi connectivity index (χ2v) is 5.12. The molecular formula is C18H21NO2. The van der Waals surface area contributed by atoms with Gasteiger partial charge in [0.2, 0.25) is 5.91 Å². The maximum Gasteiger partial charge on any atom is 0.224 e. The highest BCUT2D eigenvalue weighted by atomic mass is 16.5. The summed E-state index contributed by atoms with van der Waals surface area (Å²) in [6.45, 7) is 5.05. The summed E-state index contributed by atoms with van der Waals surface area (Å²) < 4.78 is 5.53. The smallest absolute Gasteiger partial charge is 0.224 e. The molecule has 2 rings (SSSR count). The fourth-order valence-corrected chi connectivity index (χ4v) is 2.10. The summed E-state index contributed by atoms with van der Waals surface area (Å²) in [5, 5.41) is 2.88. The predicted octanol–water partition coefficient (Wildman–Crippen LogP) is 3.04. The van der Waals surface area contributed by atoms with E-state index in [4.69, 9.17) is 4.74 Å². The summed E-state index contributed by atoms with van der Waals surface area (Å²) in [6.07, 6.45) is 0.416. The minimum absolute atomic E-state index is 0.0281. The Labute approximate surface area is 126 Å². The minimum Gasteiger partial charge on any atom is -0.492 e. The highest BCUT2D eigenvalue weighted by molar-refractivity contribution is 5.78. The molecule has 0 aliphatic carbocycles. The van der Waals surface area contributed by atoms with Crippen LogP contribution >= 0.6 is 0 Å². The number of carbonyl (C=O) groups excluding carboxylic acids is 1. The Bertz CT molecular complexity index is 593. The first-order valence-electron chi connectivity index (χ1n) is 7.16. The minimum atomic E-state index is 0.0281. The van der Waals surface area contributed by atoms with Crippen molar-refractivity contribution < 1.29 is 9.53 Å². The normalized spacial score (nSPS) is 10.2. The summed E-state index contributed by atoms with van der Waals surface area (Å²) in [5.74, 6) is 0.849. The van der Waals surface area contributed by atoms with Crippen molar-refractivity contribution in [3.05, 3.63) is 65.2 Å². The van der Waals surface area contributed by atoms with Crippen LogP contribution in [0.1, 0.15) is 16.7 Å². The van der Waals surface area contributed by atoms with Crippen LogP contribution in [-0.2, 0) is 11.2 Å². The number of amides is 1. The summed E-state index contributed by atoms with van der Waals surface area (Å²) in [7, 11) is 0. The van der Waals surface area contributed by atoms with Crippen LogP contribution in [0.2, 0.25) is 0 Å². The second kappa shape index (κ2) is 7.48. The van der Waals surface area contributed by atoms with Crippen molar-refractivity contribution in [3.63, 3.8) is 0 Å². The molecular weight excluding hydrogens is 262 g/mol. The van der Waals surface area contributed by atoms with E-state index in [0.29, 0.717) is 19.6 Å². The topological polar surface area (TPSA) is 38.3 Å². The first-order valence-corrected chi connectivity index (χ1v) is 7.16. The zero-order valence-corrected chi connectivity index (χ0v) is 12.6. The van der Waals surface area contributed by atoms with Crippen LogP contribution in [0.3, 0.4) is 0 Å². The molecule has 110 valence electrons. The Morgan fingerprint density at radius 2 is 1.86 bits per heavy atom. The molecule has 0 fully saturated rings. The lowest BCUT2D eigenvalue weighted by molar-refractivity contribution is -0.120. The molecule has 3 heteroatoms. The van der Waals surface area contributed by atoms with Crippen LogP contribution in [0.25, 0.3) is 0 Å². The number of benzene rings is 2. The molecule has 0 bridgehead atoms. The lowest BCUT2D eigenvalue weighted by atomic mass is 10.0. The number of aryl methyl sites for hydroxylation is 2. The van der Waals surface area contributed by atoms with Gasteiger partial charge in [-0.25, -0.2) is 0 Å². The molecule has 2 aromatic rings. The van der Waals surface area contributed by atoms with Gasteiger partial charge in [0.15, 0.2) is 0 Å². The summed E-state index contributed by atoms with van der Waals surface area (Å²) in [4.78, 5) is 11.9. The number of hydrogen-bond donors (Lipinski definition) is 1. The second-order valence-electron chi connectivity index (χ2n) is 5.12. The molecule has 0 atom stereocenters. The first kappa shape index (κ1) is 15.1. The number of hydrogen-bond acceptors (Lipinski definition) is 2. The fourth-order valence-electron chi connectivity index (χ4n) is 2.10. The largest absolute Gasteiger partial charge is 0.492 e. The number of rotatable bonds is 6. The van der Waals surface area contributed by atoms with E-state index >= 15 is 0 Å². The van der Waals surface area contributed by atoms with Crippen LogP contribution in [0.4, 0.5) is 0 Å².